The van der Waals surface area contributed by atoms with Crippen LogP contribution in [0.2, 0.25) is 0 Å². The maximum atomic E-state index is 13.2. The molecule has 1 fully saturated rings. The number of hydrogen-bond donors (Lipinski definition) is 0. The molecule has 2 heteroatoms. The highest BCUT2D eigenvalue weighted by Gasteiger charge is 2.33. The van der Waals surface area contributed by atoms with E-state index in [4.69, 9.17) is 4.74 Å². The normalized spacial score (nSPS) is 24.6. The minimum absolute atomic E-state index is 0.183. The molecular weight excluding hydrogens is 143 g/mol. The number of hydrogen-bond acceptors (Lipinski definition) is 1. The molecule has 11 heavy (non-hydrogen) atoms. The van der Waals surface area contributed by atoms with Gasteiger partial charge in [0.1, 0.15) is 6.10 Å². The van der Waals surface area contributed by atoms with Crippen LogP contribution in [-0.2, 0) is 4.74 Å². The molecule has 0 saturated carbocycles. The molecule has 1 nitrogen and oxygen atoms in total. The molecule has 58 valence electrons. The summed E-state index contributed by atoms with van der Waals surface area (Å²) in [5, 5.41) is 0. The average molecular weight is 152 g/mol. The molecule has 1 saturated heterocycles. The SMILES string of the molecule is F[C@H](c1ccccc1)[C@H]1CO1. The van der Waals surface area contributed by atoms with Crippen LogP contribution in [0.3, 0.4) is 0 Å². The van der Waals surface area contributed by atoms with E-state index in [0.717, 1.165) is 5.56 Å². The first-order valence-electron chi connectivity index (χ1n) is 3.68. The van der Waals surface area contributed by atoms with Gasteiger partial charge in [-0.25, -0.2) is 4.39 Å². The molecule has 0 aromatic heterocycles. The summed E-state index contributed by atoms with van der Waals surface area (Å²) >= 11 is 0. The molecule has 0 bridgehead atoms. The first kappa shape index (κ1) is 6.80. The molecule has 0 aliphatic carbocycles. The van der Waals surface area contributed by atoms with Crippen molar-refractivity contribution in [2.45, 2.75) is 12.3 Å². The molecule has 1 aromatic carbocycles. The van der Waals surface area contributed by atoms with Gasteiger partial charge in [-0.2, -0.15) is 0 Å². The molecule has 0 spiro atoms. The third kappa shape index (κ3) is 1.40. The second-order valence-corrected chi connectivity index (χ2v) is 2.68. The van der Waals surface area contributed by atoms with Crippen LogP contribution >= 0.6 is 0 Å². The van der Waals surface area contributed by atoms with Crippen LogP contribution in [0.25, 0.3) is 0 Å². The van der Waals surface area contributed by atoms with Crippen LogP contribution < -0.4 is 0 Å². The van der Waals surface area contributed by atoms with E-state index in [1.807, 2.05) is 18.2 Å². The van der Waals surface area contributed by atoms with Crippen LogP contribution in [0.5, 0.6) is 0 Å². The Morgan fingerprint density at radius 3 is 2.55 bits per heavy atom. The highest BCUT2D eigenvalue weighted by atomic mass is 19.1. The molecule has 2 atom stereocenters. The number of epoxide rings is 1. The standard InChI is InChI=1S/C9H9FO/c10-9(8-6-11-8)7-4-2-1-3-5-7/h1-5,8-9H,6H2/t8-,9-/m1/s1. The van der Waals surface area contributed by atoms with Crippen molar-refractivity contribution < 1.29 is 9.13 Å². The lowest BCUT2D eigenvalue weighted by Crippen LogP contribution is -1.98. The van der Waals surface area contributed by atoms with Crippen molar-refractivity contribution in [1.29, 1.82) is 0 Å². The Morgan fingerprint density at radius 2 is 2.00 bits per heavy atom. The van der Waals surface area contributed by atoms with Crippen LogP contribution in [-0.4, -0.2) is 12.7 Å². The summed E-state index contributed by atoms with van der Waals surface area (Å²) in [4.78, 5) is 0. The summed E-state index contributed by atoms with van der Waals surface area (Å²) in [6.45, 7) is 0.566. The van der Waals surface area contributed by atoms with Crippen molar-refractivity contribution in [2.24, 2.45) is 0 Å². The van der Waals surface area contributed by atoms with Crippen molar-refractivity contribution in [3.05, 3.63) is 35.9 Å². The zero-order valence-corrected chi connectivity index (χ0v) is 6.03. The fourth-order valence-electron chi connectivity index (χ4n) is 1.08. The fraction of sp³-hybridized carbons (Fsp3) is 0.333. The predicted molar refractivity (Wildman–Crippen MR) is 40.0 cm³/mol. The quantitative estimate of drug-likeness (QED) is 0.591. The molecule has 0 N–H and O–H groups in total. The third-order valence-electron chi connectivity index (χ3n) is 1.80. The number of alkyl halides is 1. The summed E-state index contributed by atoms with van der Waals surface area (Å²) in [5.41, 5.74) is 0.718. The fourth-order valence-corrected chi connectivity index (χ4v) is 1.08. The van der Waals surface area contributed by atoms with Crippen LogP contribution in [0, 0.1) is 0 Å². The van der Waals surface area contributed by atoms with Gasteiger partial charge in [0.05, 0.1) is 6.61 Å². The smallest absolute Gasteiger partial charge is 0.153 e. The summed E-state index contributed by atoms with van der Waals surface area (Å²) in [6, 6.07) is 9.12. The van der Waals surface area contributed by atoms with E-state index in [9.17, 15) is 4.39 Å². The lowest BCUT2D eigenvalue weighted by Gasteiger charge is -2.02. The Balaban J connectivity index is 2.15. The topological polar surface area (TPSA) is 12.5 Å². The third-order valence-corrected chi connectivity index (χ3v) is 1.80. The van der Waals surface area contributed by atoms with Crippen LogP contribution in [0.1, 0.15) is 11.7 Å². The molecule has 1 heterocycles. The number of benzene rings is 1. The Labute approximate surface area is 64.8 Å². The van der Waals surface area contributed by atoms with Gasteiger partial charge < -0.3 is 4.74 Å². The average Bonchev–Trinajstić information content (AvgIpc) is 2.87. The van der Waals surface area contributed by atoms with Crippen molar-refractivity contribution in [1.82, 2.24) is 0 Å². The van der Waals surface area contributed by atoms with E-state index in [1.165, 1.54) is 0 Å². The summed E-state index contributed by atoms with van der Waals surface area (Å²) in [7, 11) is 0. The van der Waals surface area contributed by atoms with Crippen LogP contribution in [0.4, 0.5) is 4.39 Å². The molecule has 1 aliphatic rings. The molecular formula is C9H9FO. The zero-order valence-electron chi connectivity index (χ0n) is 6.03. The lowest BCUT2D eigenvalue weighted by atomic mass is 10.1. The van der Waals surface area contributed by atoms with E-state index in [1.54, 1.807) is 12.1 Å². The Kier molecular flexibility index (Phi) is 1.62. The lowest BCUT2D eigenvalue weighted by molar-refractivity contribution is 0.253. The van der Waals surface area contributed by atoms with Gasteiger partial charge in [-0.3, -0.25) is 0 Å². The van der Waals surface area contributed by atoms with E-state index in [2.05, 4.69) is 0 Å². The van der Waals surface area contributed by atoms with Gasteiger partial charge in [-0.15, -0.1) is 0 Å². The van der Waals surface area contributed by atoms with Gasteiger partial charge in [0.2, 0.25) is 0 Å². The number of rotatable bonds is 2. The van der Waals surface area contributed by atoms with Crippen molar-refractivity contribution in [3.63, 3.8) is 0 Å². The second kappa shape index (κ2) is 2.62. The summed E-state index contributed by atoms with van der Waals surface area (Å²) < 4.78 is 18.0. The maximum absolute atomic E-state index is 13.2. The minimum atomic E-state index is -0.934. The number of ether oxygens (including phenoxy) is 1. The van der Waals surface area contributed by atoms with E-state index in [-0.39, 0.29) is 6.10 Å². The minimum Gasteiger partial charge on any atom is -0.370 e. The van der Waals surface area contributed by atoms with Gasteiger partial charge in [0, 0.05) is 0 Å². The zero-order chi connectivity index (χ0) is 7.68. The van der Waals surface area contributed by atoms with E-state index in [0.29, 0.717) is 6.61 Å². The van der Waals surface area contributed by atoms with Crippen LogP contribution in [0.15, 0.2) is 30.3 Å². The first-order chi connectivity index (χ1) is 5.38. The largest absolute Gasteiger partial charge is 0.370 e. The molecule has 0 unspecified atom stereocenters. The first-order valence-corrected chi connectivity index (χ1v) is 3.68. The number of halogens is 1. The van der Waals surface area contributed by atoms with Crippen molar-refractivity contribution >= 4 is 0 Å². The van der Waals surface area contributed by atoms with Gasteiger partial charge in [-0.1, -0.05) is 30.3 Å². The Morgan fingerprint density at radius 1 is 1.36 bits per heavy atom. The summed E-state index contributed by atoms with van der Waals surface area (Å²) in [6.07, 6.45) is -1.12. The Hall–Kier alpha value is -0.890. The van der Waals surface area contributed by atoms with Gasteiger partial charge in [-0.05, 0) is 5.56 Å². The van der Waals surface area contributed by atoms with Crippen molar-refractivity contribution in [2.75, 3.05) is 6.61 Å². The molecule has 0 radical (unpaired) electrons. The van der Waals surface area contributed by atoms with Gasteiger partial charge in [0.15, 0.2) is 6.17 Å². The molecule has 1 aromatic rings. The van der Waals surface area contributed by atoms with E-state index < -0.39 is 6.17 Å². The summed E-state index contributed by atoms with van der Waals surface area (Å²) in [5.74, 6) is 0. The predicted octanol–water partition coefficient (Wildman–Crippen LogP) is 2.10. The molecule has 1 aliphatic heterocycles. The Bertz CT molecular complexity index is 231. The van der Waals surface area contributed by atoms with E-state index >= 15 is 0 Å². The maximum Gasteiger partial charge on any atom is 0.153 e. The van der Waals surface area contributed by atoms with Gasteiger partial charge >= 0.3 is 0 Å². The van der Waals surface area contributed by atoms with Gasteiger partial charge in [0.25, 0.3) is 0 Å². The second-order valence-electron chi connectivity index (χ2n) is 2.68. The highest BCUT2D eigenvalue weighted by molar-refractivity contribution is 5.19. The van der Waals surface area contributed by atoms with Crippen molar-refractivity contribution in [3.8, 4) is 0 Å². The molecule has 2 rings (SSSR count). The monoisotopic (exact) mass is 152 g/mol. The molecule has 0 amide bonds. The highest BCUT2D eigenvalue weighted by Crippen LogP contribution is 2.30.